The van der Waals surface area contributed by atoms with Crippen molar-refractivity contribution >= 4 is 14.0 Å². The van der Waals surface area contributed by atoms with Gasteiger partial charge in [-0.3, -0.25) is 0 Å². The summed E-state index contributed by atoms with van der Waals surface area (Å²) in [6.45, 7) is 16.7. The highest BCUT2D eigenvalue weighted by atomic mass is 28.4. The first-order chi connectivity index (χ1) is 11.9. The largest absolute Gasteiger partial charge is 0.414 e. The molecule has 0 amide bonds. The fraction of sp³-hybridized carbons (Fsp3) is 0.857. The van der Waals surface area contributed by atoms with Crippen molar-refractivity contribution in [2.24, 2.45) is 34.2 Å². The Balaban J connectivity index is 1.69. The molecular formula is C21H35NO3Si. The summed E-state index contributed by atoms with van der Waals surface area (Å²) in [5.41, 5.74) is 0.423. The van der Waals surface area contributed by atoms with Gasteiger partial charge in [-0.2, -0.15) is 0 Å². The highest BCUT2D eigenvalue weighted by molar-refractivity contribution is 6.74. The minimum atomic E-state index is -1.90. The quantitative estimate of drug-likeness (QED) is 0.574. The van der Waals surface area contributed by atoms with Crippen LogP contribution in [0.1, 0.15) is 47.5 Å². The third-order valence-electron chi connectivity index (χ3n) is 8.24. The number of fused-ring (bicyclic) bond motifs is 5. The molecule has 1 N–H and O–H groups in total. The summed E-state index contributed by atoms with van der Waals surface area (Å²) < 4.78 is 6.91. The molecule has 26 heavy (non-hydrogen) atoms. The second-order valence-corrected chi connectivity index (χ2v) is 15.8. The molecule has 3 aliphatic carbocycles. The Kier molecular flexibility index (Phi) is 3.92. The molecule has 1 aliphatic heterocycles. The lowest BCUT2D eigenvalue weighted by Gasteiger charge is -2.47. The predicted molar refractivity (Wildman–Crippen MR) is 107 cm³/mol. The smallest absolute Gasteiger partial charge is 0.192 e. The average molecular weight is 378 g/mol. The van der Waals surface area contributed by atoms with Gasteiger partial charge in [-0.15, -0.1) is 0 Å². The maximum absolute atomic E-state index is 12.0. The predicted octanol–water partition coefficient (Wildman–Crippen LogP) is 4.36. The van der Waals surface area contributed by atoms with Gasteiger partial charge >= 0.3 is 0 Å². The number of nitrogens with zero attached hydrogens (tertiary/aromatic N) is 1. The van der Waals surface area contributed by atoms with Gasteiger partial charge in [-0.25, -0.2) is 0 Å². The lowest BCUT2D eigenvalue weighted by atomic mass is 9.67. The molecular weight excluding hydrogens is 342 g/mol. The van der Waals surface area contributed by atoms with Crippen LogP contribution in [-0.4, -0.2) is 37.4 Å². The summed E-state index contributed by atoms with van der Waals surface area (Å²) in [6.07, 6.45) is 6.10. The normalized spacial score (nSPS) is 43.5. The summed E-state index contributed by atoms with van der Waals surface area (Å²) in [4.78, 5) is 5.41. The van der Waals surface area contributed by atoms with Crippen LogP contribution in [0.15, 0.2) is 17.3 Å². The Hall–Kier alpha value is -0.653. The minimum absolute atomic E-state index is 0.00497. The Morgan fingerprint density at radius 3 is 2.62 bits per heavy atom. The molecule has 0 radical (unpaired) electrons. The molecule has 4 rings (SSSR count). The van der Waals surface area contributed by atoms with E-state index in [1.807, 2.05) is 0 Å². The number of allylic oxidation sites excluding steroid dienone is 1. The van der Waals surface area contributed by atoms with E-state index in [-0.39, 0.29) is 28.4 Å². The van der Waals surface area contributed by atoms with E-state index in [2.05, 4.69) is 65.0 Å². The second kappa shape index (κ2) is 5.45. The van der Waals surface area contributed by atoms with Crippen LogP contribution >= 0.6 is 0 Å². The third-order valence-corrected chi connectivity index (χ3v) is 12.7. The van der Waals surface area contributed by atoms with Gasteiger partial charge in [0.2, 0.25) is 0 Å². The van der Waals surface area contributed by atoms with Crippen LogP contribution in [0.25, 0.3) is 0 Å². The summed E-state index contributed by atoms with van der Waals surface area (Å²) >= 11 is 0. The van der Waals surface area contributed by atoms with E-state index < -0.39 is 13.9 Å². The molecule has 0 spiro atoms. The number of hydrogen-bond acceptors (Lipinski definition) is 4. The molecule has 1 heterocycles. The zero-order valence-corrected chi connectivity index (χ0v) is 18.4. The van der Waals surface area contributed by atoms with Crippen molar-refractivity contribution in [2.75, 3.05) is 6.61 Å². The van der Waals surface area contributed by atoms with Gasteiger partial charge in [0, 0.05) is 18.8 Å². The van der Waals surface area contributed by atoms with Gasteiger partial charge in [0.15, 0.2) is 8.32 Å². The zero-order valence-electron chi connectivity index (χ0n) is 17.4. The minimum Gasteiger partial charge on any atom is -0.414 e. The molecule has 2 fully saturated rings. The third kappa shape index (κ3) is 2.50. The molecule has 4 aliphatic rings. The lowest BCUT2D eigenvalue weighted by molar-refractivity contribution is -0.103. The molecule has 0 aromatic heterocycles. The van der Waals surface area contributed by atoms with Crippen molar-refractivity contribution in [3.05, 3.63) is 12.2 Å². The van der Waals surface area contributed by atoms with Crippen molar-refractivity contribution in [3.8, 4) is 0 Å². The maximum atomic E-state index is 12.0. The molecule has 5 heteroatoms. The number of hydrogen-bond donors (Lipinski definition) is 1. The van der Waals surface area contributed by atoms with Gasteiger partial charge in [-0.05, 0) is 35.4 Å². The van der Waals surface area contributed by atoms with Gasteiger partial charge in [0.25, 0.3) is 0 Å². The van der Waals surface area contributed by atoms with Crippen LogP contribution in [0.5, 0.6) is 0 Å². The summed E-state index contributed by atoms with van der Waals surface area (Å²) in [5, 5.41) is 16.4. The highest BCUT2D eigenvalue weighted by Gasteiger charge is 2.72. The van der Waals surface area contributed by atoms with Crippen molar-refractivity contribution < 1.29 is 14.4 Å². The highest BCUT2D eigenvalue weighted by Crippen LogP contribution is 2.71. The van der Waals surface area contributed by atoms with Crippen LogP contribution in [-0.2, 0) is 9.26 Å². The van der Waals surface area contributed by atoms with Gasteiger partial charge in [-0.1, -0.05) is 51.9 Å². The maximum Gasteiger partial charge on any atom is 0.192 e. The van der Waals surface area contributed by atoms with E-state index in [9.17, 15) is 5.11 Å². The van der Waals surface area contributed by atoms with Crippen molar-refractivity contribution in [2.45, 2.75) is 77.3 Å². The standard InChI is InChI=1S/C21H35NO3Si/c1-19(2,3)26(6,7)25-16-11-21(23)13(17-18(16)20(17,4)5)9-8-10-15-14(21)12-24-22-15/h8-9,13-14,16-18,23H,10-12H2,1-7H3/t13-,14+,16+,17-,18+,21+/m0/s1. The van der Waals surface area contributed by atoms with E-state index in [1.54, 1.807) is 0 Å². The molecule has 0 aromatic carbocycles. The zero-order chi connectivity index (χ0) is 19.1. The van der Waals surface area contributed by atoms with Crippen molar-refractivity contribution in [1.82, 2.24) is 0 Å². The van der Waals surface area contributed by atoms with Crippen LogP contribution < -0.4 is 0 Å². The van der Waals surface area contributed by atoms with E-state index in [0.717, 1.165) is 12.1 Å². The second-order valence-electron chi connectivity index (χ2n) is 11.1. The van der Waals surface area contributed by atoms with E-state index in [0.29, 0.717) is 24.9 Å². The van der Waals surface area contributed by atoms with E-state index >= 15 is 0 Å². The van der Waals surface area contributed by atoms with Crippen LogP contribution in [0.4, 0.5) is 0 Å². The SMILES string of the molecule is CC1(C)[C@@H]2[C@H]1[C@H](O[Si](C)(C)C(C)(C)C)C[C@]1(O)[C@@H]3CON=C3CC=C[C@@H]21. The lowest BCUT2D eigenvalue weighted by Crippen LogP contribution is -2.56. The molecule has 4 nitrogen and oxygen atoms in total. The topological polar surface area (TPSA) is 51.0 Å². The van der Waals surface area contributed by atoms with Crippen molar-refractivity contribution in [3.63, 3.8) is 0 Å². The van der Waals surface area contributed by atoms with Crippen LogP contribution in [0, 0.1) is 29.1 Å². The van der Waals surface area contributed by atoms with Crippen LogP contribution in [0.2, 0.25) is 18.1 Å². The first-order valence-electron chi connectivity index (χ1n) is 10.2. The summed E-state index contributed by atoms with van der Waals surface area (Å²) in [5.74, 6) is 1.20. The fourth-order valence-electron chi connectivity index (χ4n) is 5.64. The molecule has 0 aromatic rings. The molecule has 6 atom stereocenters. The Bertz CT molecular complexity index is 663. The summed E-state index contributed by atoms with van der Waals surface area (Å²) in [6, 6.07) is 0. The van der Waals surface area contributed by atoms with E-state index in [1.165, 1.54) is 0 Å². The monoisotopic (exact) mass is 377 g/mol. The number of aliphatic hydroxyl groups is 1. The van der Waals surface area contributed by atoms with Gasteiger partial charge < -0.3 is 14.4 Å². The van der Waals surface area contributed by atoms with Crippen molar-refractivity contribution in [1.29, 1.82) is 0 Å². The van der Waals surface area contributed by atoms with Gasteiger partial charge in [0.1, 0.15) is 6.61 Å². The number of oxime groups is 1. The number of rotatable bonds is 2. The molecule has 0 unspecified atom stereocenters. The molecule has 146 valence electrons. The average Bonchev–Trinajstić information content (AvgIpc) is 2.87. The molecule has 0 bridgehead atoms. The first-order valence-corrected chi connectivity index (χ1v) is 13.1. The van der Waals surface area contributed by atoms with E-state index in [4.69, 9.17) is 9.26 Å². The fourth-order valence-corrected chi connectivity index (χ4v) is 6.98. The van der Waals surface area contributed by atoms with Crippen LogP contribution in [0.3, 0.4) is 0 Å². The molecule has 2 saturated carbocycles. The Morgan fingerprint density at radius 1 is 1.27 bits per heavy atom. The molecule has 0 saturated heterocycles. The first kappa shape index (κ1) is 18.7. The van der Waals surface area contributed by atoms with Gasteiger partial charge in [0.05, 0.1) is 23.3 Å². The summed E-state index contributed by atoms with van der Waals surface area (Å²) in [7, 11) is -1.90. The Morgan fingerprint density at radius 2 is 1.96 bits per heavy atom. The Labute approximate surface area is 159 Å².